The normalized spacial score (nSPS) is 27.7. The smallest absolute Gasteiger partial charge is 0.239 e. The number of nitrogens with zero attached hydrogens (tertiary/aromatic N) is 2. The minimum Gasteiger partial charge on any atom is -0.341 e. The van der Waals surface area contributed by atoms with Crippen LogP contribution in [0.1, 0.15) is 26.2 Å². The van der Waals surface area contributed by atoms with Gasteiger partial charge in [0.25, 0.3) is 0 Å². The van der Waals surface area contributed by atoms with E-state index in [9.17, 15) is 4.79 Å². The summed E-state index contributed by atoms with van der Waals surface area (Å²) in [6.45, 7) is 6.06. The first-order chi connectivity index (χ1) is 7.70. The van der Waals surface area contributed by atoms with Crippen LogP contribution in [0.25, 0.3) is 0 Å². The molecule has 2 aliphatic heterocycles. The van der Waals surface area contributed by atoms with E-state index in [-0.39, 0.29) is 6.04 Å². The second-order valence-electron chi connectivity index (χ2n) is 5.02. The number of hydrogen-bond acceptors (Lipinski definition) is 3. The van der Waals surface area contributed by atoms with Gasteiger partial charge in [-0.05, 0) is 39.8 Å². The van der Waals surface area contributed by atoms with Crippen LogP contribution in [0, 0.1) is 0 Å². The molecule has 4 heteroatoms. The van der Waals surface area contributed by atoms with Gasteiger partial charge in [0.1, 0.15) is 0 Å². The zero-order valence-corrected chi connectivity index (χ0v) is 10.4. The number of nitrogens with one attached hydrogen (secondary N) is 1. The second-order valence-corrected chi connectivity index (χ2v) is 5.02. The van der Waals surface area contributed by atoms with Crippen molar-refractivity contribution < 1.29 is 4.79 Å². The molecule has 0 aromatic carbocycles. The van der Waals surface area contributed by atoms with E-state index in [4.69, 9.17) is 0 Å². The van der Waals surface area contributed by atoms with E-state index < -0.39 is 0 Å². The molecule has 2 fully saturated rings. The topological polar surface area (TPSA) is 35.6 Å². The average molecular weight is 225 g/mol. The largest absolute Gasteiger partial charge is 0.341 e. The molecular weight excluding hydrogens is 202 g/mol. The van der Waals surface area contributed by atoms with Crippen LogP contribution in [0.5, 0.6) is 0 Å². The molecule has 2 saturated heterocycles. The first-order valence-corrected chi connectivity index (χ1v) is 6.41. The molecule has 0 radical (unpaired) electrons. The summed E-state index contributed by atoms with van der Waals surface area (Å²) in [5.41, 5.74) is 0. The highest BCUT2D eigenvalue weighted by Gasteiger charge is 2.30. The molecule has 0 aromatic rings. The Balaban J connectivity index is 1.89. The lowest BCUT2D eigenvalue weighted by Crippen LogP contribution is -2.49. The summed E-state index contributed by atoms with van der Waals surface area (Å²) in [7, 11) is 2.08. The molecule has 2 rings (SSSR count). The van der Waals surface area contributed by atoms with Gasteiger partial charge >= 0.3 is 0 Å². The summed E-state index contributed by atoms with van der Waals surface area (Å²) >= 11 is 0. The molecule has 2 atom stereocenters. The monoisotopic (exact) mass is 225 g/mol. The van der Waals surface area contributed by atoms with Crippen LogP contribution in [0.15, 0.2) is 0 Å². The van der Waals surface area contributed by atoms with Crippen molar-refractivity contribution in [3.8, 4) is 0 Å². The fourth-order valence-corrected chi connectivity index (χ4v) is 2.68. The van der Waals surface area contributed by atoms with Gasteiger partial charge in [0.15, 0.2) is 0 Å². The molecule has 16 heavy (non-hydrogen) atoms. The molecule has 1 N–H and O–H groups in total. The van der Waals surface area contributed by atoms with Crippen LogP contribution in [-0.2, 0) is 4.79 Å². The van der Waals surface area contributed by atoms with Gasteiger partial charge in [-0.2, -0.15) is 0 Å². The summed E-state index contributed by atoms with van der Waals surface area (Å²) < 4.78 is 0. The molecule has 0 spiro atoms. The molecule has 2 heterocycles. The standard InChI is InChI=1S/C12H23N3O/c1-10(12(16)15-7-3-4-8-15)14(2)11-5-6-13-9-11/h10-11,13H,3-9H2,1-2H3. The number of carbonyl (C=O) groups is 1. The maximum atomic E-state index is 12.2. The van der Waals surface area contributed by atoms with Gasteiger partial charge in [0.05, 0.1) is 6.04 Å². The minimum atomic E-state index is 0.0306. The maximum Gasteiger partial charge on any atom is 0.239 e. The van der Waals surface area contributed by atoms with Gasteiger partial charge in [-0.1, -0.05) is 0 Å². The van der Waals surface area contributed by atoms with E-state index in [0.29, 0.717) is 11.9 Å². The Kier molecular flexibility index (Phi) is 3.82. The Hall–Kier alpha value is -0.610. The molecule has 0 saturated carbocycles. The van der Waals surface area contributed by atoms with Crippen molar-refractivity contribution in [2.24, 2.45) is 0 Å². The highest BCUT2D eigenvalue weighted by Crippen LogP contribution is 2.15. The summed E-state index contributed by atoms with van der Waals surface area (Å²) in [5, 5.41) is 3.35. The molecule has 0 aliphatic carbocycles. The predicted molar refractivity (Wildman–Crippen MR) is 64.3 cm³/mol. The van der Waals surface area contributed by atoms with Crippen LogP contribution in [0.4, 0.5) is 0 Å². The second kappa shape index (κ2) is 5.15. The fourth-order valence-electron chi connectivity index (χ4n) is 2.68. The van der Waals surface area contributed by atoms with Gasteiger partial charge in [0.2, 0.25) is 5.91 Å². The third-order valence-electron chi connectivity index (χ3n) is 4.00. The van der Waals surface area contributed by atoms with Crippen molar-refractivity contribution in [2.45, 2.75) is 38.3 Å². The predicted octanol–water partition coefficient (Wildman–Crippen LogP) is 0.291. The zero-order valence-electron chi connectivity index (χ0n) is 10.4. The molecule has 0 aromatic heterocycles. The van der Waals surface area contributed by atoms with E-state index in [1.165, 1.54) is 12.8 Å². The van der Waals surface area contributed by atoms with E-state index in [0.717, 1.165) is 32.6 Å². The molecule has 4 nitrogen and oxygen atoms in total. The quantitative estimate of drug-likeness (QED) is 0.750. The number of likely N-dealkylation sites (tertiary alicyclic amines) is 1. The van der Waals surface area contributed by atoms with Crippen LogP contribution in [0.2, 0.25) is 0 Å². The lowest BCUT2D eigenvalue weighted by atomic mass is 10.1. The van der Waals surface area contributed by atoms with Gasteiger partial charge in [-0.15, -0.1) is 0 Å². The third-order valence-corrected chi connectivity index (χ3v) is 4.00. The Bertz CT molecular complexity index is 245. The van der Waals surface area contributed by atoms with Crippen molar-refractivity contribution in [1.29, 1.82) is 0 Å². The SMILES string of the molecule is CC(C(=O)N1CCCC1)N(C)C1CCNC1. The third kappa shape index (κ3) is 2.38. The van der Waals surface area contributed by atoms with Crippen molar-refractivity contribution in [3.63, 3.8) is 0 Å². The van der Waals surface area contributed by atoms with Crippen molar-refractivity contribution in [1.82, 2.24) is 15.1 Å². The van der Waals surface area contributed by atoms with Gasteiger partial charge in [-0.25, -0.2) is 0 Å². The Morgan fingerprint density at radius 3 is 2.69 bits per heavy atom. The van der Waals surface area contributed by atoms with E-state index in [1.54, 1.807) is 0 Å². The first-order valence-electron chi connectivity index (χ1n) is 6.41. The van der Waals surface area contributed by atoms with Gasteiger partial charge < -0.3 is 10.2 Å². The van der Waals surface area contributed by atoms with E-state index >= 15 is 0 Å². The average Bonchev–Trinajstić information content (AvgIpc) is 2.97. The molecule has 2 unspecified atom stereocenters. The van der Waals surface area contributed by atoms with Gasteiger partial charge in [-0.3, -0.25) is 9.69 Å². The summed E-state index contributed by atoms with van der Waals surface area (Å²) in [6, 6.07) is 0.560. The highest BCUT2D eigenvalue weighted by molar-refractivity contribution is 5.81. The Labute approximate surface area is 98.0 Å². The van der Waals surface area contributed by atoms with Crippen molar-refractivity contribution in [2.75, 3.05) is 33.2 Å². The molecule has 0 bridgehead atoms. The van der Waals surface area contributed by atoms with Gasteiger partial charge in [0, 0.05) is 25.7 Å². The number of amides is 1. The highest BCUT2D eigenvalue weighted by atomic mass is 16.2. The molecular formula is C12H23N3O. The summed E-state index contributed by atoms with van der Waals surface area (Å²) in [4.78, 5) is 16.5. The minimum absolute atomic E-state index is 0.0306. The Morgan fingerprint density at radius 1 is 1.44 bits per heavy atom. The Morgan fingerprint density at radius 2 is 2.12 bits per heavy atom. The van der Waals surface area contributed by atoms with Crippen LogP contribution in [0.3, 0.4) is 0 Å². The van der Waals surface area contributed by atoms with Crippen LogP contribution in [-0.4, -0.2) is 61.0 Å². The fraction of sp³-hybridized carbons (Fsp3) is 0.917. The molecule has 1 amide bonds. The van der Waals surface area contributed by atoms with E-state index in [1.807, 2.05) is 11.8 Å². The van der Waals surface area contributed by atoms with Crippen LogP contribution >= 0.6 is 0 Å². The van der Waals surface area contributed by atoms with Crippen molar-refractivity contribution in [3.05, 3.63) is 0 Å². The lowest BCUT2D eigenvalue weighted by molar-refractivity contribution is -0.135. The van der Waals surface area contributed by atoms with Crippen molar-refractivity contribution >= 4 is 5.91 Å². The van der Waals surface area contributed by atoms with E-state index in [2.05, 4.69) is 17.3 Å². The summed E-state index contributed by atoms with van der Waals surface area (Å²) in [6.07, 6.45) is 3.51. The molecule has 2 aliphatic rings. The molecule has 92 valence electrons. The first kappa shape index (κ1) is 11.9. The zero-order chi connectivity index (χ0) is 11.5. The summed E-state index contributed by atoms with van der Waals surface area (Å²) in [5.74, 6) is 0.312. The van der Waals surface area contributed by atoms with Crippen LogP contribution < -0.4 is 5.32 Å². The number of rotatable bonds is 3. The number of carbonyl (C=O) groups excluding carboxylic acids is 1. The lowest BCUT2D eigenvalue weighted by Gasteiger charge is -2.31. The maximum absolute atomic E-state index is 12.2. The number of hydrogen-bond donors (Lipinski definition) is 1. The number of likely N-dealkylation sites (N-methyl/N-ethyl adjacent to an activating group) is 1.